The molecule has 1 aromatic carbocycles. The SMILES string of the molecule is CCCCNC(=O)c1[c]cccc1NC. The molecule has 1 aromatic rings. The highest BCUT2D eigenvalue weighted by atomic mass is 16.1. The molecule has 0 heterocycles. The fourth-order valence-electron chi connectivity index (χ4n) is 1.30. The van der Waals surface area contributed by atoms with E-state index in [0.29, 0.717) is 5.56 Å². The third-order valence-corrected chi connectivity index (χ3v) is 2.17. The summed E-state index contributed by atoms with van der Waals surface area (Å²) in [5.41, 5.74) is 1.39. The molecule has 0 aromatic heterocycles. The van der Waals surface area contributed by atoms with E-state index in [4.69, 9.17) is 0 Å². The van der Waals surface area contributed by atoms with Crippen LogP contribution in [0.3, 0.4) is 0 Å². The van der Waals surface area contributed by atoms with Gasteiger partial charge in [-0.2, -0.15) is 0 Å². The Morgan fingerprint density at radius 1 is 1.53 bits per heavy atom. The van der Waals surface area contributed by atoms with Crippen molar-refractivity contribution < 1.29 is 4.79 Å². The monoisotopic (exact) mass is 205 g/mol. The number of carbonyl (C=O) groups is 1. The van der Waals surface area contributed by atoms with Crippen molar-refractivity contribution in [3.05, 3.63) is 29.8 Å². The van der Waals surface area contributed by atoms with E-state index in [1.54, 1.807) is 13.1 Å². The van der Waals surface area contributed by atoms with Gasteiger partial charge in [-0.05, 0) is 18.6 Å². The summed E-state index contributed by atoms with van der Waals surface area (Å²) in [6, 6.07) is 8.41. The molecule has 15 heavy (non-hydrogen) atoms. The topological polar surface area (TPSA) is 41.1 Å². The number of hydrogen-bond donors (Lipinski definition) is 2. The van der Waals surface area contributed by atoms with E-state index in [-0.39, 0.29) is 5.91 Å². The van der Waals surface area contributed by atoms with Gasteiger partial charge in [0.1, 0.15) is 0 Å². The van der Waals surface area contributed by atoms with E-state index in [1.165, 1.54) is 0 Å². The maximum atomic E-state index is 11.7. The Morgan fingerprint density at radius 2 is 2.33 bits per heavy atom. The highest BCUT2D eigenvalue weighted by Crippen LogP contribution is 2.12. The van der Waals surface area contributed by atoms with Gasteiger partial charge in [-0.3, -0.25) is 4.79 Å². The fraction of sp³-hybridized carbons (Fsp3) is 0.417. The van der Waals surface area contributed by atoms with Gasteiger partial charge in [-0.1, -0.05) is 25.5 Å². The summed E-state index contributed by atoms with van der Waals surface area (Å²) in [4.78, 5) is 11.7. The molecule has 3 heteroatoms. The Hall–Kier alpha value is -1.51. The lowest BCUT2D eigenvalue weighted by Crippen LogP contribution is -2.25. The molecule has 0 aliphatic carbocycles. The molecule has 1 rings (SSSR count). The third-order valence-electron chi connectivity index (χ3n) is 2.17. The quantitative estimate of drug-likeness (QED) is 0.722. The molecular formula is C12H17N2O. The maximum Gasteiger partial charge on any atom is 0.254 e. The van der Waals surface area contributed by atoms with Crippen LogP contribution in [-0.4, -0.2) is 19.5 Å². The fourth-order valence-corrected chi connectivity index (χ4v) is 1.30. The van der Waals surface area contributed by atoms with E-state index in [9.17, 15) is 4.79 Å². The first-order valence-electron chi connectivity index (χ1n) is 5.26. The van der Waals surface area contributed by atoms with Gasteiger partial charge in [0, 0.05) is 19.3 Å². The molecule has 0 saturated heterocycles. The molecule has 0 spiro atoms. The number of anilines is 1. The van der Waals surface area contributed by atoms with Crippen LogP contribution in [0.2, 0.25) is 0 Å². The molecule has 3 nitrogen and oxygen atoms in total. The van der Waals surface area contributed by atoms with Gasteiger partial charge in [0.25, 0.3) is 5.91 Å². The first-order valence-corrected chi connectivity index (χ1v) is 5.26. The number of nitrogens with one attached hydrogen (secondary N) is 2. The predicted molar refractivity (Wildman–Crippen MR) is 62.1 cm³/mol. The molecule has 0 aliphatic rings. The molecule has 0 fully saturated rings. The zero-order chi connectivity index (χ0) is 11.1. The molecule has 1 amide bonds. The molecule has 1 radical (unpaired) electrons. The molecule has 81 valence electrons. The van der Waals surface area contributed by atoms with Crippen molar-refractivity contribution in [2.45, 2.75) is 19.8 Å². The molecule has 0 saturated carbocycles. The van der Waals surface area contributed by atoms with Crippen LogP contribution in [0, 0.1) is 6.07 Å². The lowest BCUT2D eigenvalue weighted by Gasteiger charge is -2.08. The predicted octanol–water partition coefficient (Wildman–Crippen LogP) is 2.06. The third kappa shape index (κ3) is 3.27. The zero-order valence-corrected chi connectivity index (χ0v) is 9.26. The molecule has 0 atom stereocenters. The Morgan fingerprint density at radius 3 is 3.00 bits per heavy atom. The van der Waals surface area contributed by atoms with Crippen LogP contribution in [-0.2, 0) is 0 Å². The van der Waals surface area contributed by atoms with Gasteiger partial charge >= 0.3 is 0 Å². The van der Waals surface area contributed by atoms with Gasteiger partial charge in [0.2, 0.25) is 0 Å². The average molecular weight is 205 g/mol. The molecular weight excluding hydrogens is 188 g/mol. The molecule has 2 N–H and O–H groups in total. The zero-order valence-electron chi connectivity index (χ0n) is 9.26. The summed E-state index contributed by atoms with van der Waals surface area (Å²) in [6.45, 7) is 2.82. The first kappa shape index (κ1) is 11.6. The molecule has 0 bridgehead atoms. The Balaban J connectivity index is 2.64. The summed E-state index contributed by atoms with van der Waals surface area (Å²) in [7, 11) is 1.80. The van der Waals surface area contributed by atoms with Crippen LogP contribution in [0.15, 0.2) is 18.2 Å². The minimum absolute atomic E-state index is 0.0617. The van der Waals surface area contributed by atoms with Crippen molar-refractivity contribution in [3.8, 4) is 0 Å². The van der Waals surface area contributed by atoms with E-state index in [0.717, 1.165) is 25.1 Å². The summed E-state index contributed by atoms with van der Waals surface area (Å²) in [6.07, 6.45) is 2.09. The van der Waals surface area contributed by atoms with Gasteiger partial charge in [0.05, 0.1) is 5.56 Å². The Kier molecular flexibility index (Phi) is 4.68. The Bertz CT molecular complexity index is 323. The smallest absolute Gasteiger partial charge is 0.254 e. The summed E-state index contributed by atoms with van der Waals surface area (Å²) < 4.78 is 0. The van der Waals surface area contributed by atoms with Crippen LogP contribution in [0.5, 0.6) is 0 Å². The van der Waals surface area contributed by atoms with Crippen molar-refractivity contribution in [2.24, 2.45) is 0 Å². The van der Waals surface area contributed by atoms with Crippen LogP contribution in [0.1, 0.15) is 30.1 Å². The standard InChI is InChI=1S/C12H17N2O/c1-3-4-9-14-12(15)10-7-5-6-8-11(10)13-2/h5-6,8,13H,3-4,9H2,1-2H3,(H,14,15). The van der Waals surface area contributed by atoms with Crippen LogP contribution in [0.4, 0.5) is 5.69 Å². The van der Waals surface area contributed by atoms with Gasteiger partial charge in [0.15, 0.2) is 0 Å². The lowest BCUT2D eigenvalue weighted by atomic mass is 10.1. The normalized spacial score (nSPS) is 9.73. The largest absolute Gasteiger partial charge is 0.387 e. The van der Waals surface area contributed by atoms with E-state index < -0.39 is 0 Å². The Labute approximate surface area is 90.9 Å². The van der Waals surface area contributed by atoms with Crippen molar-refractivity contribution >= 4 is 11.6 Å². The second-order valence-corrected chi connectivity index (χ2v) is 3.32. The van der Waals surface area contributed by atoms with Crippen molar-refractivity contribution in [1.29, 1.82) is 0 Å². The van der Waals surface area contributed by atoms with Gasteiger partial charge in [-0.15, -0.1) is 0 Å². The summed E-state index contributed by atoms with van der Waals surface area (Å²) in [5.74, 6) is -0.0617. The van der Waals surface area contributed by atoms with Crippen molar-refractivity contribution in [3.63, 3.8) is 0 Å². The molecule has 0 unspecified atom stereocenters. The minimum Gasteiger partial charge on any atom is -0.387 e. The van der Waals surface area contributed by atoms with Gasteiger partial charge < -0.3 is 10.6 Å². The number of hydrogen-bond acceptors (Lipinski definition) is 2. The maximum absolute atomic E-state index is 11.7. The summed E-state index contributed by atoms with van der Waals surface area (Å²) >= 11 is 0. The van der Waals surface area contributed by atoms with Crippen LogP contribution >= 0.6 is 0 Å². The van der Waals surface area contributed by atoms with Crippen molar-refractivity contribution in [1.82, 2.24) is 5.32 Å². The van der Waals surface area contributed by atoms with E-state index in [1.807, 2.05) is 12.1 Å². The molecule has 0 aliphatic heterocycles. The van der Waals surface area contributed by atoms with E-state index >= 15 is 0 Å². The second kappa shape index (κ2) is 6.06. The highest BCUT2D eigenvalue weighted by Gasteiger charge is 2.08. The number of benzene rings is 1. The number of unbranched alkanes of at least 4 members (excludes halogenated alkanes) is 1. The lowest BCUT2D eigenvalue weighted by molar-refractivity contribution is 0.0953. The number of amides is 1. The first-order chi connectivity index (χ1) is 7.29. The number of rotatable bonds is 5. The van der Waals surface area contributed by atoms with Gasteiger partial charge in [-0.25, -0.2) is 0 Å². The highest BCUT2D eigenvalue weighted by molar-refractivity contribution is 5.99. The van der Waals surface area contributed by atoms with Crippen molar-refractivity contribution in [2.75, 3.05) is 18.9 Å². The van der Waals surface area contributed by atoms with Crippen LogP contribution in [0.25, 0.3) is 0 Å². The minimum atomic E-state index is -0.0617. The van der Waals surface area contributed by atoms with Crippen LogP contribution < -0.4 is 10.6 Å². The second-order valence-electron chi connectivity index (χ2n) is 3.32. The van der Waals surface area contributed by atoms with E-state index in [2.05, 4.69) is 23.6 Å². The average Bonchev–Trinajstić information content (AvgIpc) is 2.29. The number of carbonyl (C=O) groups excluding carboxylic acids is 1. The summed E-state index contributed by atoms with van der Waals surface area (Å²) in [5, 5.41) is 5.84.